The SMILES string of the molecule is COc1ccc(OC)c(N2CCN(CC(=O)N3CCN(c4ccccc4)CC3)C2=O)c1. The van der Waals surface area contributed by atoms with E-state index in [0.717, 1.165) is 13.1 Å². The summed E-state index contributed by atoms with van der Waals surface area (Å²) in [6.45, 7) is 3.97. The Kier molecular flexibility index (Phi) is 6.16. The summed E-state index contributed by atoms with van der Waals surface area (Å²) in [5, 5.41) is 0. The third kappa shape index (κ3) is 4.38. The maximum Gasteiger partial charge on any atom is 0.325 e. The number of carbonyl (C=O) groups excluding carboxylic acids is 2. The number of methoxy groups -OCH3 is 2. The number of nitrogens with zero attached hydrogens (tertiary/aromatic N) is 4. The summed E-state index contributed by atoms with van der Waals surface area (Å²) in [7, 11) is 3.15. The number of hydrogen-bond donors (Lipinski definition) is 0. The lowest BCUT2D eigenvalue weighted by Crippen LogP contribution is -2.51. The molecule has 31 heavy (non-hydrogen) atoms. The Morgan fingerprint density at radius 3 is 2.32 bits per heavy atom. The molecule has 2 aliphatic rings. The zero-order valence-electron chi connectivity index (χ0n) is 18.0. The first kappa shape index (κ1) is 20.8. The van der Waals surface area contributed by atoms with E-state index in [2.05, 4.69) is 17.0 Å². The van der Waals surface area contributed by atoms with Crippen molar-refractivity contribution in [1.29, 1.82) is 0 Å². The highest BCUT2D eigenvalue weighted by atomic mass is 16.5. The second-order valence-corrected chi connectivity index (χ2v) is 7.60. The van der Waals surface area contributed by atoms with Crippen LogP contribution >= 0.6 is 0 Å². The predicted molar refractivity (Wildman–Crippen MR) is 119 cm³/mol. The van der Waals surface area contributed by atoms with Gasteiger partial charge in [-0.05, 0) is 24.3 Å². The molecule has 0 atom stereocenters. The van der Waals surface area contributed by atoms with E-state index in [4.69, 9.17) is 9.47 Å². The van der Waals surface area contributed by atoms with Crippen molar-refractivity contribution < 1.29 is 19.1 Å². The number of piperazine rings is 1. The van der Waals surface area contributed by atoms with Crippen LogP contribution in [0.4, 0.5) is 16.2 Å². The smallest absolute Gasteiger partial charge is 0.325 e. The predicted octanol–water partition coefficient (Wildman–Crippen LogP) is 2.29. The van der Waals surface area contributed by atoms with Gasteiger partial charge in [-0.1, -0.05) is 18.2 Å². The number of hydrogen-bond acceptors (Lipinski definition) is 5. The highest BCUT2D eigenvalue weighted by Gasteiger charge is 2.34. The largest absolute Gasteiger partial charge is 0.497 e. The minimum absolute atomic E-state index is 0.0134. The van der Waals surface area contributed by atoms with Crippen molar-refractivity contribution in [2.75, 3.05) is 69.8 Å². The number of rotatable bonds is 6. The average molecular weight is 425 g/mol. The van der Waals surface area contributed by atoms with Crippen molar-refractivity contribution in [1.82, 2.24) is 9.80 Å². The van der Waals surface area contributed by atoms with Crippen molar-refractivity contribution >= 4 is 23.3 Å². The fraction of sp³-hybridized carbons (Fsp3) is 0.391. The minimum atomic E-state index is -0.192. The topological polar surface area (TPSA) is 65.6 Å². The van der Waals surface area contributed by atoms with Gasteiger partial charge in [0.15, 0.2) is 0 Å². The third-order valence-electron chi connectivity index (χ3n) is 5.85. The summed E-state index contributed by atoms with van der Waals surface area (Å²) >= 11 is 0. The fourth-order valence-electron chi connectivity index (χ4n) is 4.08. The molecular weight excluding hydrogens is 396 g/mol. The number of ether oxygens (including phenoxy) is 2. The van der Waals surface area contributed by atoms with Crippen LogP contribution in [0.1, 0.15) is 0 Å². The molecule has 0 radical (unpaired) electrons. The molecule has 2 aromatic rings. The molecule has 4 rings (SSSR count). The molecule has 0 N–H and O–H groups in total. The third-order valence-corrected chi connectivity index (χ3v) is 5.85. The van der Waals surface area contributed by atoms with Gasteiger partial charge in [-0.2, -0.15) is 0 Å². The molecule has 0 aromatic heterocycles. The van der Waals surface area contributed by atoms with Gasteiger partial charge in [-0.15, -0.1) is 0 Å². The molecule has 8 heteroatoms. The van der Waals surface area contributed by atoms with E-state index in [1.54, 1.807) is 42.2 Å². The van der Waals surface area contributed by atoms with E-state index in [1.807, 2.05) is 23.1 Å². The number of anilines is 2. The van der Waals surface area contributed by atoms with Gasteiger partial charge in [0.1, 0.15) is 18.0 Å². The summed E-state index contributed by atoms with van der Waals surface area (Å²) in [4.78, 5) is 33.2. The molecule has 0 spiro atoms. The summed E-state index contributed by atoms with van der Waals surface area (Å²) < 4.78 is 10.7. The lowest BCUT2D eigenvalue weighted by molar-refractivity contribution is -0.131. The lowest BCUT2D eigenvalue weighted by atomic mass is 10.2. The van der Waals surface area contributed by atoms with Crippen LogP contribution in [0.2, 0.25) is 0 Å². The number of para-hydroxylation sites is 1. The Labute approximate surface area is 182 Å². The second-order valence-electron chi connectivity index (χ2n) is 7.60. The maximum absolute atomic E-state index is 13.0. The monoisotopic (exact) mass is 424 g/mol. The summed E-state index contributed by atoms with van der Waals surface area (Å²) in [5.74, 6) is 1.23. The molecule has 0 unspecified atom stereocenters. The summed E-state index contributed by atoms with van der Waals surface area (Å²) in [6.07, 6.45) is 0. The van der Waals surface area contributed by atoms with E-state index in [0.29, 0.717) is 43.4 Å². The van der Waals surface area contributed by atoms with Gasteiger partial charge >= 0.3 is 6.03 Å². The molecular formula is C23H28N4O4. The van der Waals surface area contributed by atoms with Crippen LogP contribution in [-0.2, 0) is 4.79 Å². The highest BCUT2D eigenvalue weighted by molar-refractivity contribution is 5.98. The molecule has 2 heterocycles. The Morgan fingerprint density at radius 1 is 0.903 bits per heavy atom. The van der Waals surface area contributed by atoms with Crippen molar-refractivity contribution in [3.05, 3.63) is 48.5 Å². The van der Waals surface area contributed by atoms with E-state index < -0.39 is 0 Å². The first-order valence-corrected chi connectivity index (χ1v) is 10.5. The van der Waals surface area contributed by atoms with E-state index in [1.165, 1.54) is 5.69 Å². The van der Waals surface area contributed by atoms with Gasteiger partial charge < -0.3 is 24.2 Å². The maximum atomic E-state index is 13.0. The Balaban J connectivity index is 1.36. The first-order valence-electron chi connectivity index (χ1n) is 10.5. The number of amides is 3. The number of urea groups is 1. The van der Waals surface area contributed by atoms with Crippen LogP contribution in [0.3, 0.4) is 0 Å². The highest BCUT2D eigenvalue weighted by Crippen LogP contribution is 2.34. The van der Waals surface area contributed by atoms with Crippen molar-refractivity contribution in [3.63, 3.8) is 0 Å². The van der Waals surface area contributed by atoms with Gasteiger partial charge in [0.2, 0.25) is 5.91 Å². The molecule has 0 bridgehead atoms. The van der Waals surface area contributed by atoms with Gasteiger partial charge in [0, 0.05) is 51.0 Å². The van der Waals surface area contributed by atoms with Crippen LogP contribution < -0.4 is 19.3 Å². The molecule has 2 aromatic carbocycles. The molecule has 3 amide bonds. The molecule has 0 saturated carbocycles. The van der Waals surface area contributed by atoms with Crippen LogP contribution in [0.15, 0.2) is 48.5 Å². The quantitative estimate of drug-likeness (QED) is 0.712. The zero-order valence-corrected chi connectivity index (χ0v) is 18.0. The fourth-order valence-corrected chi connectivity index (χ4v) is 4.08. The first-order chi connectivity index (χ1) is 15.1. The standard InChI is InChI=1S/C23H28N4O4/c1-30-19-8-9-21(31-2)20(16-19)27-15-14-26(23(27)29)17-22(28)25-12-10-24(11-13-25)18-6-4-3-5-7-18/h3-9,16H,10-15,17H2,1-2H3. The Hall–Kier alpha value is -3.42. The number of carbonyl (C=O) groups is 2. The zero-order chi connectivity index (χ0) is 21.8. The normalized spacial score (nSPS) is 16.6. The van der Waals surface area contributed by atoms with Gasteiger partial charge in [-0.25, -0.2) is 4.79 Å². The van der Waals surface area contributed by atoms with Gasteiger partial charge in [-0.3, -0.25) is 9.69 Å². The molecule has 2 fully saturated rings. The van der Waals surface area contributed by atoms with Gasteiger partial charge in [0.05, 0.1) is 19.9 Å². The molecule has 2 saturated heterocycles. The van der Waals surface area contributed by atoms with Crippen molar-refractivity contribution in [2.24, 2.45) is 0 Å². The Bertz CT molecular complexity index is 928. The van der Waals surface area contributed by atoms with Crippen LogP contribution in [-0.4, -0.2) is 81.8 Å². The molecule has 164 valence electrons. The second kappa shape index (κ2) is 9.16. The van der Waals surface area contributed by atoms with E-state index >= 15 is 0 Å². The minimum Gasteiger partial charge on any atom is -0.497 e. The summed E-state index contributed by atoms with van der Waals surface area (Å²) in [6, 6.07) is 15.4. The van der Waals surface area contributed by atoms with Crippen LogP contribution in [0, 0.1) is 0 Å². The van der Waals surface area contributed by atoms with Gasteiger partial charge in [0.25, 0.3) is 0 Å². The molecule has 8 nitrogen and oxygen atoms in total. The average Bonchev–Trinajstić information content (AvgIpc) is 3.19. The van der Waals surface area contributed by atoms with Crippen LogP contribution in [0.5, 0.6) is 11.5 Å². The van der Waals surface area contributed by atoms with Crippen LogP contribution in [0.25, 0.3) is 0 Å². The van der Waals surface area contributed by atoms with Crippen molar-refractivity contribution in [3.8, 4) is 11.5 Å². The molecule has 2 aliphatic heterocycles. The summed E-state index contributed by atoms with van der Waals surface area (Å²) in [5.41, 5.74) is 1.82. The Morgan fingerprint density at radius 2 is 1.65 bits per heavy atom. The van der Waals surface area contributed by atoms with Crippen molar-refractivity contribution in [2.45, 2.75) is 0 Å². The van der Waals surface area contributed by atoms with E-state index in [-0.39, 0.29) is 18.5 Å². The molecule has 0 aliphatic carbocycles. The number of benzene rings is 2. The van der Waals surface area contributed by atoms with E-state index in [9.17, 15) is 9.59 Å². The lowest BCUT2D eigenvalue weighted by Gasteiger charge is -2.36.